The van der Waals surface area contributed by atoms with Crippen molar-refractivity contribution in [3.05, 3.63) is 101 Å². The van der Waals surface area contributed by atoms with Crippen molar-refractivity contribution in [2.24, 2.45) is 5.10 Å². The molecule has 0 fully saturated rings. The second kappa shape index (κ2) is 7.73. The van der Waals surface area contributed by atoms with E-state index >= 15 is 0 Å². The van der Waals surface area contributed by atoms with Gasteiger partial charge < -0.3 is 4.42 Å². The number of hydrogen-bond acceptors (Lipinski definition) is 4. The number of nitrogens with zero attached hydrogens (tertiary/aromatic N) is 2. The van der Waals surface area contributed by atoms with Gasteiger partial charge in [0.15, 0.2) is 0 Å². The SMILES string of the molecule is Cc1ccc(-c2cc(=NNc3ccc4ccccc4n3)c3cc(C)c(C)cc3o2)cc1. The zero-order chi connectivity index (χ0) is 21.4. The first-order chi connectivity index (χ1) is 15.1. The third-order valence-corrected chi connectivity index (χ3v) is 5.58. The number of para-hydroxylation sites is 1. The average Bonchev–Trinajstić information content (AvgIpc) is 2.78. The number of benzene rings is 3. The van der Waals surface area contributed by atoms with E-state index in [1.807, 2.05) is 36.4 Å². The van der Waals surface area contributed by atoms with Gasteiger partial charge in [0, 0.05) is 22.4 Å². The molecule has 0 bridgehead atoms. The van der Waals surface area contributed by atoms with Crippen LogP contribution in [0, 0.1) is 20.8 Å². The molecule has 0 aliphatic heterocycles. The van der Waals surface area contributed by atoms with Gasteiger partial charge in [0.25, 0.3) is 0 Å². The predicted octanol–water partition coefficient (Wildman–Crippen LogP) is 6.50. The van der Waals surface area contributed by atoms with Gasteiger partial charge in [-0.3, -0.25) is 5.43 Å². The third kappa shape index (κ3) is 3.80. The Morgan fingerprint density at radius 2 is 1.58 bits per heavy atom. The Morgan fingerprint density at radius 1 is 0.806 bits per heavy atom. The molecule has 0 radical (unpaired) electrons. The molecule has 5 rings (SSSR count). The van der Waals surface area contributed by atoms with E-state index in [1.165, 1.54) is 16.7 Å². The van der Waals surface area contributed by atoms with Crippen LogP contribution in [0.3, 0.4) is 0 Å². The normalized spacial score (nSPS) is 11.9. The smallest absolute Gasteiger partial charge is 0.146 e. The first kappa shape index (κ1) is 19.1. The number of anilines is 1. The molecule has 0 amide bonds. The van der Waals surface area contributed by atoms with Crippen molar-refractivity contribution in [1.29, 1.82) is 0 Å². The standard InChI is InChI=1S/C27H23N3O/c1-17-8-10-21(11-9-17)25-16-24(22-14-18(2)19(3)15-26(22)31-25)29-30-27-13-12-20-6-4-5-7-23(20)28-27/h4-16H,1-3H3,(H,28,30). The monoisotopic (exact) mass is 405 g/mol. The van der Waals surface area contributed by atoms with E-state index in [9.17, 15) is 0 Å². The number of nitrogens with one attached hydrogen (secondary N) is 1. The number of aryl methyl sites for hydroxylation is 3. The maximum atomic E-state index is 6.27. The zero-order valence-electron chi connectivity index (χ0n) is 17.8. The summed E-state index contributed by atoms with van der Waals surface area (Å²) in [4.78, 5) is 4.66. The molecule has 2 heterocycles. The van der Waals surface area contributed by atoms with Gasteiger partial charge in [-0.15, -0.1) is 0 Å². The lowest BCUT2D eigenvalue weighted by atomic mass is 10.1. The predicted molar refractivity (Wildman–Crippen MR) is 127 cm³/mol. The number of hydrogen-bond donors (Lipinski definition) is 1. The number of fused-ring (bicyclic) bond motifs is 2. The summed E-state index contributed by atoms with van der Waals surface area (Å²) in [5, 5.41) is 7.59. The van der Waals surface area contributed by atoms with E-state index in [0.717, 1.165) is 38.6 Å². The van der Waals surface area contributed by atoms with E-state index in [1.54, 1.807) is 0 Å². The van der Waals surface area contributed by atoms with Crippen LogP contribution in [0.15, 0.2) is 88.4 Å². The second-order valence-electron chi connectivity index (χ2n) is 7.91. The summed E-state index contributed by atoms with van der Waals surface area (Å²) >= 11 is 0. The molecule has 0 spiro atoms. The van der Waals surface area contributed by atoms with Crippen LogP contribution < -0.4 is 10.8 Å². The van der Waals surface area contributed by atoms with Gasteiger partial charge in [-0.1, -0.05) is 48.0 Å². The molecule has 5 aromatic rings. The molecule has 2 aromatic heterocycles. The lowest BCUT2D eigenvalue weighted by molar-refractivity contribution is 0.617. The van der Waals surface area contributed by atoms with Crippen LogP contribution in [0.2, 0.25) is 0 Å². The van der Waals surface area contributed by atoms with Crippen molar-refractivity contribution in [3.63, 3.8) is 0 Å². The third-order valence-electron chi connectivity index (χ3n) is 5.58. The van der Waals surface area contributed by atoms with Gasteiger partial charge in [0.2, 0.25) is 0 Å². The van der Waals surface area contributed by atoms with Crippen LogP contribution in [0.5, 0.6) is 0 Å². The quantitative estimate of drug-likeness (QED) is 0.349. The van der Waals surface area contributed by atoms with Crippen molar-refractivity contribution in [3.8, 4) is 11.3 Å². The number of rotatable bonds is 3. The Labute approximate surface area is 180 Å². The Bertz CT molecular complexity index is 1480. The van der Waals surface area contributed by atoms with Gasteiger partial charge in [-0.25, -0.2) is 4.98 Å². The molecule has 152 valence electrons. The van der Waals surface area contributed by atoms with Gasteiger partial charge in [0.05, 0.1) is 10.9 Å². The van der Waals surface area contributed by atoms with E-state index in [0.29, 0.717) is 5.82 Å². The van der Waals surface area contributed by atoms with Crippen molar-refractivity contribution in [2.45, 2.75) is 20.8 Å². The summed E-state index contributed by atoms with van der Waals surface area (Å²) < 4.78 is 6.27. The largest absolute Gasteiger partial charge is 0.456 e. The minimum atomic E-state index is 0.702. The Morgan fingerprint density at radius 3 is 2.42 bits per heavy atom. The Balaban J connectivity index is 1.65. The maximum absolute atomic E-state index is 6.27. The van der Waals surface area contributed by atoms with Crippen LogP contribution in [0.4, 0.5) is 5.82 Å². The number of pyridine rings is 1. The van der Waals surface area contributed by atoms with Gasteiger partial charge in [-0.2, -0.15) is 5.10 Å². The van der Waals surface area contributed by atoms with Crippen LogP contribution in [0.25, 0.3) is 33.2 Å². The van der Waals surface area contributed by atoms with Crippen molar-refractivity contribution < 1.29 is 4.42 Å². The molecule has 3 aromatic carbocycles. The van der Waals surface area contributed by atoms with Crippen molar-refractivity contribution in [2.75, 3.05) is 5.43 Å². The Hall–Kier alpha value is -3.92. The van der Waals surface area contributed by atoms with E-state index in [4.69, 9.17) is 9.52 Å². The van der Waals surface area contributed by atoms with Crippen molar-refractivity contribution >= 4 is 27.7 Å². The van der Waals surface area contributed by atoms with Crippen molar-refractivity contribution in [1.82, 2.24) is 4.98 Å². The molecule has 0 saturated carbocycles. The second-order valence-corrected chi connectivity index (χ2v) is 7.91. The molecule has 31 heavy (non-hydrogen) atoms. The fourth-order valence-corrected chi connectivity index (χ4v) is 3.62. The molecule has 0 aliphatic carbocycles. The highest BCUT2D eigenvalue weighted by molar-refractivity contribution is 5.81. The minimum Gasteiger partial charge on any atom is -0.456 e. The lowest BCUT2D eigenvalue weighted by Crippen LogP contribution is -2.08. The Kier molecular flexibility index (Phi) is 4.75. The van der Waals surface area contributed by atoms with Crippen LogP contribution in [-0.2, 0) is 0 Å². The van der Waals surface area contributed by atoms with Crippen LogP contribution in [0.1, 0.15) is 16.7 Å². The molecule has 4 nitrogen and oxygen atoms in total. The molecule has 0 unspecified atom stereocenters. The lowest BCUT2D eigenvalue weighted by Gasteiger charge is -2.08. The maximum Gasteiger partial charge on any atom is 0.146 e. The molecule has 0 atom stereocenters. The first-order valence-electron chi connectivity index (χ1n) is 10.3. The summed E-state index contributed by atoms with van der Waals surface area (Å²) in [6.07, 6.45) is 0. The molecule has 0 aliphatic rings. The van der Waals surface area contributed by atoms with Gasteiger partial charge in [0.1, 0.15) is 17.2 Å². The molecule has 4 heteroatoms. The summed E-state index contributed by atoms with van der Waals surface area (Å²) in [6.45, 7) is 6.27. The van der Waals surface area contributed by atoms with E-state index < -0.39 is 0 Å². The van der Waals surface area contributed by atoms with Crippen LogP contribution in [-0.4, -0.2) is 4.98 Å². The highest BCUT2D eigenvalue weighted by Crippen LogP contribution is 2.24. The average molecular weight is 406 g/mol. The number of aromatic nitrogens is 1. The molecule has 0 saturated heterocycles. The molecular weight excluding hydrogens is 382 g/mol. The highest BCUT2D eigenvalue weighted by Gasteiger charge is 2.08. The summed E-state index contributed by atoms with van der Waals surface area (Å²) in [5.41, 5.74) is 9.51. The fourth-order valence-electron chi connectivity index (χ4n) is 3.62. The fraction of sp³-hybridized carbons (Fsp3) is 0.111. The minimum absolute atomic E-state index is 0.702. The van der Waals surface area contributed by atoms with Gasteiger partial charge >= 0.3 is 0 Å². The van der Waals surface area contributed by atoms with Gasteiger partial charge in [-0.05, 0) is 62.2 Å². The molecule has 1 N–H and O–H groups in total. The van der Waals surface area contributed by atoms with E-state index in [2.05, 4.69) is 73.6 Å². The first-order valence-corrected chi connectivity index (χ1v) is 10.3. The topological polar surface area (TPSA) is 50.4 Å². The molecular formula is C27H23N3O. The highest BCUT2D eigenvalue weighted by atomic mass is 16.3. The zero-order valence-corrected chi connectivity index (χ0v) is 17.8. The summed E-state index contributed by atoms with van der Waals surface area (Å²) in [6, 6.07) is 26.5. The summed E-state index contributed by atoms with van der Waals surface area (Å²) in [7, 11) is 0. The van der Waals surface area contributed by atoms with E-state index in [-0.39, 0.29) is 0 Å². The van der Waals surface area contributed by atoms with Crippen LogP contribution >= 0.6 is 0 Å². The summed E-state index contributed by atoms with van der Waals surface area (Å²) in [5.74, 6) is 1.48.